The molecule has 4 rings (SSSR count). The van der Waals surface area contributed by atoms with Gasteiger partial charge >= 0.3 is 0 Å². The van der Waals surface area contributed by atoms with Crippen molar-refractivity contribution in [1.29, 1.82) is 0 Å². The molecule has 1 unspecified atom stereocenters. The third kappa shape index (κ3) is 4.17. The SMILES string of the molecule is CC(ON1C2(CCCCCC2)CC(O)CC12CCCCCC2)c1ccccc1. The summed E-state index contributed by atoms with van der Waals surface area (Å²) >= 11 is 0. The van der Waals surface area contributed by atoms with Crippen molar-refractivity contribution in [2.45, 2.75) is 120 Å². The van der Waals surface area contributed by atoms with Gasteiger partial charge in [0.1, 0.15) is 6.10 Å². The Bertz CT molecular complexity index is 570. The van der Waals surface area contributed by atoms with Gasteiger partial charge in [-0.1, -0.05) is 81.7 Å². The van der Waals surface area contributed by atoms with Crippen LogP contribution in [0, 0.1) is 0 Å². The molecule has 0 aromatic heterocycles. The molecule has 1 aromatic rings. The minimum atomic E-state index is -0.178. The van der Waals surface area contributed by atoms with E-state index in [0.717, 1.165) is 12.8 Å². The maximum atomic E-state index is 11.0. The van der Waals surface area contributed by atoms with Crippen molar-refractivity contribution in [3.8, 4) is 0 Å². The largest absolute Gasteiger partial charge is 0.393 e. The minimum absolute atomic E-state index is 0.0154. The molecule has 28 heavy (non-hydrogen) atoms. The van der Waals surface area contributed by atoms with Crippen LogP contribution in [0.5, 0.6) is 0 Å². The zero-order valence-electron chi connectivity index (χ0n) is 17.7. The van der Waals surface area contributed by atoms with Crippen LogP contribution in [0.25, 0.3) is 0 Å². The second-order valence-electron chi connectivity index (χ2n) is 9.79. The molecule has 1 N–H and O–H groups in total. The fourth-order valence-electron chi connectivity index (χ4n) is 6.37. The lowest BCUT2D eigenvalue weighted by Crippen LogP contribution is -2.66. The number of aliphatic hydroxyl groups excluding tert-OH is 1. The predicted octanol–water partition coefficient (Wildman–Crippen LogP) is 6.32. The molecule has 3 aliphatic rings. The minimum Gasteiger partial charge on any atom is -0.393 e. The van der Waals surface area contributed by atoms with Crippen LogP contribution in [0.15, 0.2) is 30.3 Å². The molecule has 0 radical (unpaired) electrons. The Labute approximate surface area is 171 Å². The molecule has 2 saturated carbocycles. The van der Waals surface area contributed by atoms with Gasteiger partial charge < -0.3 is 5.11 Å². The highest BCUT2D eigenvalue weighted by atomic mass is 16.7. The Kier molecular flexibility index (Phi) is 6.44. The monoisotopic (exact) mass is 385 g/mol. The highest BCUT2D eigenvalue weighted by molar-refractivity contribution is 5.17. The quantitative estimate of drug-likeness (QED) is 0.660. The second-order valence-corrected chi connectivity index (χ2v) is 9.79. The molecule has 3 heteroatoms. The number of aliphatic hydroxyl groups is 1. The van der Waals surface area contributed by atoms with Crippen LogP contribution < -0.4 is 0 Å². The highest BCUT2D eigenvalue weighted by Crippen LogP contribution is 2.51. The molecular formula is C25H39NO2. The van der Waals surface area contributed by atoms with Gasteiger partial charge in [-0.3, -0.25) is 4.84 Å². The molecule has 1 atom stereocenters. The third-order valence-electron chi connectivity index (χ3n) is 7.69. The zero-order valence-corrected chi connectivity index (χ0v) is 17.7. The lowest BCUT2D eigenvalue weighted by Gasteiger charge is -2.59. The van der Waals surface area contributed by atoms with E-state index in [4.69, 9.17) is 4.84 Å². The first-order chi connectivity index (χ1) is 13.6. The van der Waals surface area contributed by atoms with Gasteiger partial charge in [0.05, 0.1) is 6.10 Å². The van der Waals surface area contributed by atoms with Crippen LogP contribution in [-0.4, -0.2) is 27.4 Å². The lowest BCUT2D eigenvalue weighted by atomic mass is 9.70. The van der Waals surface area contributed by atoms with Gasteiger partial charge in [-0.25, -0.2) is 0 Å². The first-order valence-electron chi connectivity index (χ1n) is 11.8. The maximum absolute atomic E-state index is 11.0. The van der Waals surface area contributed by atoms with Crippen LogP contribution in [0.3, 0.4) is 0 Å². The van der Waals surface area contributed by atoms with Crippen molar-refractivity contribution in [3.63, 3.8) is 0 Å². The molecule has 0 bridgehead atoms. The smallest absolute Gasteiger partial charge is 0.102 e. The summed E-state index contributed by atoms with van der Waals surface area (Å²) in [5, 5.41) is 13.5. The Hall–Kier alpha value is -0.900. The first kappa shape index (κ1) is 20.4. The number of nitrogens with zero attached hydrogens (tertiary/aromatic N) is 1. The third-order valence-corrected chi connectivity index (χ3v) is 7.69. The van der Waals surface area contributed by atoms with E-state index in [1.807, 2.05) is 0 Å². The number of hydrogen-bond acceptors (Lipinski definition) is 3. The van der Waals surface area contributed by atoms with E-state index < -0.39 is 0 Å². The average molecular weight is 386 g/mol. The maximum Gasteiger partial charge on any atom is 0.102 e. The Morgan fingerprint density at radius 1 is 0.821 bits per heavy atom. The van der Waals surface area contributed by atoms with Crippen molar-refractivity contribution in [3.05, 3.63) is 35.9 Å². The second kappa shape index (κ2) is 8.85. The fourth-order valence-corrected chi connectivity index (χ4v) is 6.37. The van der Waals surface area contributed by atoms with Crippen LogP contribution in [-0.2, 0) is 4.84 Å². The summed E-state index contributed by atoms with van der Waals surface area (Å²) in [6.45, 7) is 2.20. The van der Waals surface area contributed by atoms with Crippen LogP contribution in [0.2, 0.25) is 0 Å². The summed E-state index contributed by atoms with van der Waals surface area (Å²) in [5.41, 5.74) is 1.28. The van der Waals surface area contributed by atoms with Crippen molar-refractivity contribution < 1.29 is 9.94 Å². The van der Waals surface area contributed by atoms with Gasteiger partial charge in [-0.15, -0.1) is 0 Å². The van der Waals surface area contributed by atoms with Gasteiger partial charge in [0.25, 0.3) is 0 Å². The van der Waals surface area contributed by atoms with Gasteiger partial charge in [-0.05, 0) is 51.0 Å². The van der Waals surface area contributed by atoms with Gasteiger partial charge in [-0.2, -0.15) is 5.06 Å². The Morgan fingerprint density at radius 3 is 1.75 bits per heavy atom. The topological polar surface area (TPSA) is 32.7 Å². The zero-order chi connectivity index (χ0) is 19.5. The molecule has 1 heterocycles. The number of piperidine rings is 1. The van der Waals surface area contributed by atoms with E-state index in [2.05, 4.69) is 42.3 Å². The first-order valence-corrected chi connectivity index (χ1v) is 11.8. The van der Waals surface area contributed by atoms with Gasteiger partial charge in [0, 0.05) is 11.1 Å². The molecule has 156 valence electrons. The number of hydrogen-bond donors (Lipinski definition) is 1. The van der Waals surface area contributed by atoms with Crippen molar-refractivity contribution >= 4 is 0 Å². The van der Waals surface area contributed by atoms with Crippen LogP contribution >= 0.6 is 0 Å². The molecular weight excluding hydrogens is 346 g/mol. The van der Waals surface area contributed by atoms with E-state index in [1.165, 1.54) is 82.6 Å². The van der Waals surface area contributed by atoms with Gasteiger partial charge in [0.2, 0.25) is 0 Å². The summed E-state index contributed by atoms with van der Waals surface area (Å²) < 4.78 is 0. The average Bonchev–Trinajstić information content (AvgIpc) is 3.07. The normalized spacial score (nSPS) is 29.3. The standard InChI is InChI=1S/C25H39NO2/c1-21(22-13-7-6-8-14-22)28-26-24(15-9-2-3-10-16-24)19-23(27)20-25(26)17-11-4-5-12-18-25/h6-8,13-14,21,23,27H,2-5,9-12,15-20H2,1H3. The number of hydroxylamine groups is 2. The summed E-state index contributed by atoms with van der Waals surface area (Å²) in [6, 6.07) is 10.7. The van der Waals surface area contributed by atoms with Crippen molar-refractivity contribution in [2.75, 3.05) is 0 Å². The van der Waals surface area contributed by atoms with Gasteiger partial charge in [0.15, 0.2) is 0 Å². The molecule has 1 saturated heterocycles. The van der Waals surface area contributed by atoms with E-state index in [-0.39, 0.29) is 23.3 Å². The number of benzene rings is 1. The molecule has 0 amide bonds. The van der Waals surface area contributed by atoms with E-state index in [0.29, 0.717) is 0 Å². The molecule has 2 spiro atoms. The Morgan fingerprint density at radius 2 is 1.29 bits per heavy atom. The van der Waals surface area contributed by atoms with Crippen LogP contribution in [0.1, 0.15) is 108 Å². The molecule has 1 aromatic carbocycles. The molecule has 3 fully saturated rings. The van der Waals surface area contributed by atoms with Crippen molar-refractivity contribution in [1.82, 2.24) is 5.06 Å². The van der Waals surface area contributed by atoms with E-state index >= 15 is 0 Å². The van der Waals surface area contributed by atoms with Crippen LogP contribution in [0.4, 0.5) is 0 Å². The lowest BCUT2D eigenvalue weighted by molar-refractivity contribution is -0.334. The summed E-state index contributed by atoms with van der Waals surface area (Å²) in [6.07, 6.45) is 16.7. The summed E-state index contributed by atoms with van der Waals surface area (Å²) in [5.74, 6) is 0. The van der Waals surface area contributed by atoms with E-state index in [9.17, 15) is 5.11 Å². The fraction of sp³-hybridized carbons (Fsp3) is 0.760. The molecule has 1 aliphatic heterocycles. The molecule has 2 aliphatic carbocycles. The highest BCUT2D eigenvalue weighted by Gasteiger charge is 2.55. The molecule has 3 nitrogen and oxygen atoms in total. The van der Waals surface area contributed by atoms with E-state index in [1.54, 1.807) is 0 Å². The summed E-state index contributed by atoms with van der Waals surface area (Å²) in [7, 11) is 0. The predicted molar refractivity (Wildman–Crippen MR) is 114 cm³/mol. The number of rotatable bonds is 3. The Balaban J connectivity index is 1.69. The van der Waals surface area contributed by atoms with Crippen molar-refractivity contribution in [2.24, 2.45) is 0 Å². The summed E-state index contributed by atoms with van der Waals surface area (Å²) in [4.78, 5) is 6.95.